The number of carboxylic acid groups (broad SMARTS) is 2. The van der Waals surface area contributed by atoms with E-state index in [0.29, 0.717) is 0 Å². The van der Waals surface area contributed by atoms with Crippen LogP contribution >= 0.6 is 9.23 Å². The Morgan fingerprint density at radius 1 is 1.31 bits per heavy atom. The summed E-state index contributed by atoms with van der Waals surface area (Å²) in [5.74, 6) is -2.76. The van der Waals surface area contributed by atoms with Crippen molar-refractivity contribution in [2.45, 2.75) is 11.7 Å². The molecule has 0 bridgehead atoms. The van der Waals surface area contributed by atoms with E-state index in [2.05, 4.69) is 0 Å². The van der Waals surface area contributed by atoms with Gasteiger partial charge in [0.2, 0.25) is 0 Å². The summed E-state index contributed by atoms with van der Waals surface area (Å²) in [4.78, 5) is 19.9. The van der Waals surface area contributed by atoms with Crippen molar-refractivity contribution in [3.05, 3.63) is 0 Å². The van der Waals surface area contributed by atoms with Crippen LogP contribution < -0.4 is 69.3 Å². The largest absolute Gasteiger partial charge is 1.00 e. The van der Waals surface area contributed by atoms with E-state index in [1.165, 1.54) is 0 Å². The molecule has 13 heavy (non-hydrogen) atoms. The van der Waals surface area contributed by atoms with Crippen molar-refractivity contribution in [3.8, 4) is 0 Å². The fourth-order valence-electron chi connectivity index (χ4n) is 0.289. The van der Waals surface area contributed by atoms with Gasteiger partial charge in [0.25, 0.3) is 0 Å². The SMILES string of the molecule is O=C([O-])CC([S][Au])C(=O)[O-].[Au].[Na+].[Na+]. The standard InChI is InChI=1S/C4H6O4S.2Au.2Na/c5-3(6)1-2(9)4(7)8;;;;/h2,9H,1H2,(H,5,6)(H,7,8);;;;/q;;3*+1/p-3. The maximum Gasteiger partial charge on any atom is 1.00 e. The van der Waals surface area contributed by atoms with Crippen molar-refractivity contribution < 1.29 is 121 Å². The first kappa shape index (κ1) is 24.8. The Kier molecular flexibility index (Phi) is 28.2. The minimum Gasteiger partial charge on any atom is 0 e. The third-order valence-corrected chi connectivity index (χ3v) is 3.08. The van der Waals surface area contributed by atoms with Gasteiger partial charge in [-0.2, -0.15) is 0 Å². The van der Waals surface area contributed by atoms with Gasteiger partial charge >= 0.3 is 131 Å². The molecule has 1 unspecified atom stereocenters. The van der Waals surface area contributed by atoms with Gasteiger partial charge in [0.05, 0.1) is 0 Å². The van der Waals surface area contributed by atoms with Crippen LogP contribution in [0.2, 0.25) is 0 Å². The summed E-state index contributed by atoms with van der Waals surface area (Å²) in [7, 11) is 0.868. The molecule has 0 rings (SSSR count). The van der Waals surface area contributed by atoms with Crippen LogP contribution in [0.15, 0.2) is 0 Å². The fraction of sp³-hybridized carbons (Fsp3) is 0.500. The molecule has 73 valence electrons. The molecule has 0 aliphatic heterocycles. The second kappa shape index (κ2) is 14.8. The minimum atomic E-state index is -1.38. The molecule has 0 heterocycles. The molecule has 0 saturated heterocycles. The van der Waals surface area contributed by atoms with Crippen LogP contribution in [0, 0.1) is 0 Å². The zero-order valence-corrected chi connectivity index (χ0v) is 16.1. The molecule has 0 aromatic rings. The first-order valence-electron chi connectivity index (χ1n) is 2.23. The van der Waals surface area contributed by atoms with Crippen LogP contribution in [0.5, 0.6) is 0 Å². The Bertz CT molecular complexity index is 159. The van der Waals surface area contributed by atoms with Gasteiger partial charge in [-0.15, -0.1) is 0 Å². The normalized spacial score (nSPS) is 9.69. The predicted octanol–water partition coefficient (Wildman–Crippen LogP) is -8.55. The van der Waals surface area contributed by atoms with Gasteiger partial charge in [0.15, 0.2) is 0 Å². The quantitative estimate of drug-likeness (QED) is 0.306. The molecule has 0 saturated carbocycles. The molecule has 4 nitrogen and oxygen atoms in total. The van der Waals surface area contributed by atoms with E-state index in [0.717, 1.165) is 9.23 Å². The molecule has 0 aliphatic rings. The fourth-order valence-corrected chi connectivity index (χ4v) is 1.70. The summed E-state index contributed by atoms with van der Waals surface area (Å²) in [5.41, 5.74) is 0. The van der Waals surface area contributed by atoms with Gasteiger partial charge in [-0.25, -0.2) is 0 Å². The maximum absolute atomic E-state index is 10.0. The van der Waals surface area contributed by atoms with Crippen LogP contribution in [0.3, 0.4) is 0 Å². The second-order valence-electron chi connectivity index (χ2n) is 1.45. The minimum absolute atomic E-state index is 0. The molecule has 0 aromatic carbocycles. The van der Waals surface area contributed by atoms with Crippen LogP contribution in [-0.2, 0) is 51.7 Å². The summed E-state index contributed by atoms with van der Waals surface area (Å²) >= 11 is 1.87. The molecule has 0 spiro atoms. The van der Waals surface area contributed by atoms with E-state index >= 15 is 0 Å². The van der Waals surface area contributed by atoms with E-state index in [-0.39, 0.29) is 81.5 Å². The number of hydrogen-bond acceptors (Lipinski definition) is 5. The van der Waals surface area contributed by atoms with Crippen LogP contribution in [0.1, 0.15) is 6.42 Å². The summed E-state index contributed by atoms with van der Waals surface area (Å²) in [6.07, 6.45) is -0.510. The number of rotatable bonds is 4. The Morgan fingerprint density at radius 3 is 1.77 bits per heavy atom. The van der Waals surface area contributed by atoms with Crippen molar-refractivity contribution in [1.29, 1.82) is 0 Å². The average Bonchev–Trinajstić information content (AvgIpc) is 1.81. The smallest absolute Gasteiger partial charge is 0 e. The first-order valence-corrected chi connectivity index (χ1v) is 5.60. The third kappa shape index (κ3) is 14.8. The molecule has 1 atom stereocenters. The number of hydrogen-bond donors (Lipinski definition) is 0. The van der Waals surface area contributed by atoms with Gasteiger partial charge in [-0.05, 0) is 0 Å². The maximum atomic E-state index is 10.0. The summed E-state index contributed by atoms with van der Waals surface area (Å²) in [5, 5.41) is 18.9. The van der Waals surface area contributed by atoms with E-state index in [9.17, 15) is 19.8 Å². The molecule has 0 fully saturated rings. The van der Waals surface area contributed by atoms with Crippen molar-refractivity contribution in [1.82, 2.24) is 0 Å². The monoisotopic (exact) mass is 587 g/mol. The first-order chi connectivity index (χ1) is 4.57. The molecular weight excluding hydrogens is 584 g/mol. The molecule has 9 heteroatoms. The Balaban J connectivity index is -0.000000135. The van der Waals surface area contributed by atoms with E-state index < -0.39 is 23.6 Å². The van der Waals surface area contributed by atoms with Gasteiger partial charge in [-0.3, -0.25) is 0 Å². The summed E-state index contributed by atoms with van der Waals surface area (Å²) < 4.78 is 0. The van der Waals surface area contributed by atoms with Gasteiger partial charge in [0, 0.05) is 22.4 Å². The van der Waals surface area contributed by atoms with Gasteiger partial charge < -0.3 is 0 Å². The Hall–Kier alpha value is 2.77. The van der Waals surface area contributed by atoms with Gasteiger partial charge in [-0.1, -0.05) is 0 Å². The van der Waals surface area contributed by atoms with Gasteiger partial charge in [0.1, 0.15) is 0 Å². The third-order valence-electron chi connectivity index (χ3n) is 0.701. The molecule has 0 amide bonds. The number of carboxylic acids is 2. The molecule has 0 aliphatic carbocycles. The van der Waals surface area contributed by atoms with Crippen molar-refractivity contribution in [2.75, 3.05) is 0 Å². The number of carbonyl (C=O) groups excluding carboxylic acids is 2. The Labute approximate surface area is 151 Å². The van der Waals surface area contributed by atoms with Crippen molar-refractivity contribution >= 4 is 21.2 Å². The van der Waals surface area contributed by atoms with Crippen molar-refractivity contribution in [3.63, 3.8) is 0 Å². The molecular formula is C4H3Au2Na2O4S. The molecule has 1 radical (unpaired) electrons. The van der Waals surface area contributed by atoms with Crippen LogP contribution in [0.25, 0.3) is 0 Å². The zero-order chi connectivity index (χ0) is 8.15. The number of carbonyl (C=O) groups is 2. The van der Waals surface area contributed by atoms with E-state index in [1.807, 2.05) is 19.7 Å². The topological polar surface area (TPSA) is 80.3 Å². The van der Waals surface area contributed by atoms with Crippen molar-refractivity contribution in [2.24, 2.45) is 0 Å². The zero-order valence-electron chi connectivity index (χ0n) is 6.93. The molecule has 0 aromatic heterocycles. The van der Waals surface area contributed by atoms with Crippen LogP contribution in [0.4, 0.5) is 0 Å². The second-order valence-corrected chi connectivity index (χ2v) is 3.70. The summed E-state index contributed by atoms with van der Waals surface area (Å²) in [6.45, 7) is 0. The molecule has 0 N–H and O–H groups in total. The summed E-state index contributed by atoms with van der Waals surface area (Å²) in [6, 6.07) is 0. The predicted molar refractivity (Wildman–Crippen MR) is 26.0 cm³/mol. The van der Waals surface area contributed by atoms with E-state index in [1.54, 1.807) is 0 Å². The average molecular weight is 587 g/mol. The van der Waals surface area contributed by atoms with E-state index in [4.69, 9.17) is 0 Å². The Morgan fingerprint density at radius 2 is 1.69 bits per heavy atom. The number of aliphatic carboxylic acids is 2. The van der Waals surface area contributed by atoms with Crippen LogP contribution in [-0.4, -0.2) is 17.2 Å².